The molecule has 4 atom stereocenters. The van der Waals surface area contributed by atoms with Gasteiger partial charge in [-0.1, -0.05) is 63.5 Å². The van der Waals surface area contributed by atoms with Crippen molar-refractivity contribution in [1.29, 1.82) is 0 Å². The fraction of sp³-hybridized carbons (Fsp3) is 0.667. The molecule has 2 aliphatic carbocycles. The zero-order chi connectivity index (χ0) is 20.6. The first-order valence-electron chi connectivity index (χ1n) is 10.8. The number of carbonyl (C=O) groups excluding carboxylic acids is 1. The number of unbranched alkanes of at least 4 members (excludes halogenated alkanes) is 1. The molecule has 1 saturated carbocycles. The Morgan fingerprint density at radius 3 is 2.71 bits per heavy atom. The third-order valence-electron chi connectivity index (χ3n) is 6.50. The maximum Gasteiger partial charge on any atom is 0.303 e. The van der Waals surface area contributed by atoms with Crippen LogP contribution in [0.1, 0.15) is 71.6 Å². The van der Waals surface area contributed by atoms with Crippen molar-refractivity contribution in [3.05, 3.63) is 36.5 Å². The monoisotopic (exact) mass is 388 g/mol. The second kappa shape index (κ2) is 10.8. The Morgan fingerprint density at radius 1 is 1.36 bits per heavy atom. The molecule has 0 aromatic carbocycles. The molecule has 28 heavy (non-hydrogen) atoms. The Bertz CT molecular complexity index is 612. The minimum absolute atomic E-state index is 0.0319. The number of hydrogen-bond acceptors (Lipinski definition) is 3. The zero-order valence-electron chi connectivity index (χ0n) is 17.3. The van der Waals surface area contributed by atoms with E-state index >= 15 is 0 Å². The lowest BCUT2D eigenvalue weighted by molar-refractivity contribution is -0.137. The molecule has 2 rings (SSSR count). The predicted molar refractivity (Wildman–Crippen MR) is 112 cm³/mol. The van der Waals surface area contributed by atoms with E-state index in [0.717, 1.165) is 32.1 Å². The molecule has 0 aromatic heterocycles. The first-order chi connectivity index (χ1) is 13.4. The van der Waals surface area contributed by atoms with Gasteiger partial charge in [0.15, 0.2) is 5.78 Å². The highest BCUT2D eigenvalue weighted by Crippen LogP contribution is 2.48. The number of rotatable bonds is 12. The van der Waals surface area contributed by atoms with E-state index in [0.29, 0.717) is 12.8 Å². The Hall–Kier alpha value is -1.68. The van der Waals surface area contributed by atoms with Crippen LogP contribution in [0.25, 0.3) is 0 Å². The maximum absolute atomic E-state index is 12.2. The topological polar surface area (TPSA) is 74.6 Å². The molecule has 156 valence electrons. The van der Waals surface area contributed by atoms with E-state index in [1.54, 1.807) is 6.08 Å². The molecule has 0 heterocycles. The Labute approximate surface area is 169 Å². The fourth-order valence-electron chi connectivity index (χ4n) is 4.32. The molecule has 4 nitrogen and oxygen atoms in total. The molecule has 0 spiro atoms. The molecule has 2 N–H and O–H groups in total. The van der Waals surface area contributed by atoms with E-state index in [1.807, 2.05) is 37.3 Å². The van der Waals surface area contributed by atoms with Crippen molar-refractivity contribution in [1.82, 2.24) is 0 Å². The van der Waals surface area contributed by atoms with Gasteiger partial charge in [0, 0.05) is 18.3 Å². The maximum atomic E-state index is 12.2. The highest BCUT2D eigenvalue weighted by Gasteiger charge is 2.41. The summed E-state index contributed by atoms with van der Waals surface area (Å²) in [5, 5.41) is 19.5. The lowest BCUT2D eigenvalue weighted by Gasteiger charge is -2.45. The van der Waals surface area contributed by atoms with Gasteiger partial charge in [-0.2, -0.15) is 0 Å². The summed E-state index contributed by atoms with van der Waals surface area (Å²) in [6.45, 7) is 4.18. The van der Waals surface area contributed by atoms with Gasteiger partial charge in [0.2, 0.25) is 0 Å². The highest BCUT2D eigenvalue weighted by atomic mass is 16.4. The normalized spacial score (nSPS) is 26.0. The van der Waals surface area contributed by atoms with Gasteiger partial charge in [-0.15, -0.1) is 0 Å². The standard InChI is InChI=1S/C24H36O4/c1-3-4-15-24(16-6-17-24)22(26)13-11-19-10-12-21(25)20(19)8-5-7-18(2)9-14-23(27)28/h5,7,10-13,18-20,22,26H,3-4,6,8-9,14-17H2,1-2H3,(H,27,28)/t18?,19-,20-,22?/m1/s1. The van der Waals surface area contributed by atoms with Crippen LogP contribution in [0.3, 0.4) is 0 Å². The molecule has 4 heteroatoms. The SMILES string of the molecule is CCCCC1(C(O)C=C[C@H]2C=CC(=O)[C@@H]2CC=CC(C)CCC(=O)O)CCC1. The van der Waals surface area contributed by atoms with Gasteiger partial charge >= 0.3 is 5.97 Å². The summed E-state index contributed by atoms with van der Waals surface area (Å²) < 4.78 is 0. The molecule has 0 saturated heterocycles. The minimum Gasteiger partial charge on any atom is -0.481 e. The van der Waals surface area contributed by atoms with Crippen LogP contribution in [0.15, 0.2) is 36.5 Å². The van der Waals surface area contributed by atoms with Crippen molar-refractivity contribution in [3.8, 4) is 0 Å². The number of carboxylic acid groups (broad SMARTS) is 1. The van der Waals surface area contributed by atoms with Crippen molar-refractivity contribution in [2.45, 2.75) is 77.7 Å². The van der Waals surface area contributed by atoms with Crippen molar-refractivity contribution in [2.24, 2.45) is 23.2 Å². The van der Waals surface area contributed by atoms with Crippen LogP contribution in [0.4, 0.5) is 0 Å². The average Bonchev–Trinajstić information content (AvgIpc) is 2.97. The summed E-state index contributed by atoms with van der Waals surface area (Å²) in [4.78, 5) is 22.9. The van der Waals surface area contributed by atoms with E-state index in [4.69, 9.17) is 5.11 Å². The smallest absolute Gasteiger partial charge is 0.303 e. The van der Waals surface area contributed by atoms with Crippen molar-refractivity contribution in [3.63, 3.8) is 0 Å². The molecule has 0 aromatic rings. The Balaban J connectivity index is 1.89. The molecule has 2 aliphatic rings. The lowest BCUT2D eigenvalue weighted by Crippen LogP contribution is -2.40. The first kappa shape index (κ1) is 22.6. The second-order valence-corrected chi connectivity index (χ2v) is 8.67. The number of carbonyl (C=O) groups is 2. The van der Waals surface area contributed by atoms with Crippen LogP contribution >= 0.6 is 0 Å². The molecular weight excluding hydrogens is 352 g/mol. The van der Waals surface area contributed by atoms with Crippen molar-refractivity contribution in [2.75, 3.05) is 0 Å². The number of aliphatic hydroxyl groups is 1. The third-order valence-corrected chi connectivity index (χ3v) is 6.50. The van der Waals surface area contributed by atoms with Crippen LogP contribution in [0.5, 0.6) is 0 Å². The van der Waals surface area contributed by atoms with E-state index in [2.05, 4.69) is 6.92 Å². The quantitative estimate of drug-likeness (QED) is 0.457. The highest BCUT2D eigenvalue weighted by molar-refractivity contribution is 5.95. The Kier molecular flexibility index (Phi) is 8.68. The van der Waals surface area contributed by atoms with Crippen molar-refractivity contribution >= 4 is 11.8 Å². The van der Waals surface area contributed by atoms with Gasteiger partial charge in [-0.25, -0.2) is 0 Å². The predicted octanol–water partition coefficient (Wildman–Crippen LogP) is 5.08. The number of carboxylic acids is 1. The molecule has 2 unspecified atom stereocenters. The molecule has 0 bridgehead atoms. The van der Waals surface area contributed by atoms with E-state index in [9.17, 15) is 14.7 Å². The summed E-state index contributed by atoms with van der Waals surface area (Å²) in [6.07, 6.45) is 19.3. The first-order valence-corrected chi connectivity index (χ1v) is 10.8. The van der Waals surface area contributed by atoms with Gasteiger partial charge in [0.05, 0.1) is 6.10 Å². The molecule has 0 radical (unpaired) electrons. The number of aliphatic hydroxyl groups excluding tert-OH is 1. The van der Waals surface area contributed by atoms with Crippen LogP contribution in [-0.2, 0) is 9.59 Å². The Morgan fingerprint density at radius 2 is 2.11 bits per heavy atom. The lowest BCUT2D eigenvalue weighted by atomic mass is 9.62. The second-order valence-electron chi connectivity index (χ2n) is 8.67. The average molecular weight is 389 g/mol. The van der Waals surface area contributed by atoms with Gasteiger partial charge in [0.25, 0.3) is 0 Å². The van der Waals surface area contributed by atoms with E-state index in [1.165, 1.54) is 6.42 Å². The summed E-state index contributed by atoms with van der Waals surface area (Å²) in [5.74, 6) is -0.532. The van der Waals surface area contributed by atoms with Crippen LogP contribution < -0.4 is 0 Å². The zero-order valence-corrected chi connectivity index (χ0v) is 17.3. The number of aliphatic carboxylic acids is 1. The van der Waals surface area contributed by atoms with E-state index in [-0.39, 0.29) is 35.4 Å². The molecule has 0 amide bonds. The van der Waals surface area contributed by atoms with Gasteiger partial charge in [-0.05, 0) is 49.5 Å². The summed E-state index contributed by atoms with van der Waals surface area (Å²) in [7, 11) is 0. The molecule has 1 fully saturated rings. The third kappa shape index (κ3) is 6.16. The van der Waals surface area contributed by atoms with Crippen LogP contribution in [0, 0.1) is 23.2 Å². The van der Waals surface area contributed by atoms with Gasteiger partial charge in [-0.3, -0.25) is 9.59 Å². The summed E-state index contributed by atoms with van der Waals surface area (Å²) in [5.41, 5.74) is 0.0494. The van der Waals surface area contributed by atoms with Crippen LogP contribution in [-0.4, -0.2) is 28.1 Å². The summed E-state index contributed by atoms with van der Waals surface area (Å²) in [6, 6.07) is 0. The number of hydrogen-bond donors (Lipinski definition) is 2. The summed E-state index contributed by atoms with van der Waals surface area (Å²) >= 11 is 0. The number of allylic oxidation sites excluding steroid dienone is 5. The van der Waals surface area contributed by atoms with Gasteiger partial charge in [0.1, 0.15) is 0 Å². The molecular formula is C24H36O4. The fourth-order valence-corrected chi connectivity index (χ4v) is 4.32. The van der Waals surface area contributed by atoms with E-state index < -0.39 is 12.1 Å². The molecule has 0 aliphatic heterocycles. The largest absolute Gasteiger partial charge is 0.481 e. The van der Waals surface area contributed by atoms with Crippen molar-refractivity contribution < 1.29 is 19.8 Å². The van der Waals surface area contributed by atoms with Crippen LogP contribution in [0.2, 0.25) is 0 Å². The number of ketones is 1. The van der Waals surface area contributed by atoms with Gasteiger partial charge < -0.3 is 10.2 Å². The minimum atomic E-state index is -0.776.